The lowest BCUT2D eigenvalue weighted by Crippen LogP contribution is -2.41. The van der Waals surface area contributed by atoms with Gasteiger partial charge in [0.05, 0.1) is 6.61 Å². The first-order valence-corrected chi connectivity index (χ1v) is 8.86. The molecule has 0 radical (unpaired) electrons. The van der Waals surface area contributed by atoms with Crippen LogP contribution in [0.4, 0.5) is 14.5 Å². The lowest BCUT2D eigenvalue weighted by atomic mass is 10.0. The lowest BCUT2D eigenvalue weighted by Gasteiger charge is -2.33. The van der Waals surface area contributed by atoms with Crippen molar-refractivity contribution >= 4 is 5.69 Å². The van der Waals surface area contributed by atoms with Gasteiger partial charge in [-0.3, -0.25) is 4.90 Å². The van der Waals surface area contributed by atoms with Gasteiger partial charge < -0.3 is 10.1 Å². The number of ether oxygens (including phenoxy) is 1. The number of rotatable bonds is 4. The van der Waals surface area contributed by atoms with Gasteiger partial charge in [0.1, 0.15) is 5.75 Å². The third-order valence-electron chi connectivity index (χ3n) is 4.96. The summed E-state index contributed by atoms with van der Waals surface area (Å²) in [6, 6.07) is 10.7. The molecule has 1 fully saturated rings. The summed E-state index contributed by atoms with van der Waals surface area (Å²) in [5, 5.41) is 3.34. The third-order valence-corrected chi connectivity index (χ3v) is 4.96. The number of nitrogens with one attached hydrogen (secondary N) is 1. The maximum absolute atomic E-state index is 13.4. The van der Waals surface area contributed by atoms with Crippen molar-refractivity contribution in [2.75, 3.05) is 25.0 Å². The van der Waals surface area contributed by atoms with Crippen LogP contribution in [0.15, 0.2) is 36.4 Å². The van der Waals surface area contributed by atoms with Crippen LogP contribution in [0.5, 0.6) is 5.75 Å². The van der Waals surface area contributed by atoms with E-state index in [4.69, 9.17) is 4.74 Å². The second-order valence-corrected chi connectivity index (χ2v) is 6.89. The van der Waals surface area contributed by atoms with Crippen molar-refractivity contribution in [1.82, 2.24) is 4.90 Å². The van der Waals surface area contributed by atoms with Gasteiger partial charge in [-0.15, -0.1) is 0 Å². The molecule has 0 aliphatic carbocycles. The minimum atomic E-state index is -0.809. The minimum Gasteiger partial charge on any atom is -0.493 e. The van der Waals surface area contributed by atoms with Crippen molar-refractivity contribution in [1.29, 1.82) is 0 Å². The van der Waals surface area contributed by atoms with Gasteiger partial charge in [0.15, 0.2) is 11.6 Å². The molecule has 5 heteroatoms. The average Bonchev–Trinajstić information content (AvgIpc) is 3.06. The highest BCUT2D eigenvalue weighted by atomic mass is 19.2. The predicted molar refractivity (Wildman–Crippen MR) is 93.9 cm³/mol. The highest BCUT2D eigenvalue weighted by Gasteiger charge is 2.21. The number of benzene rings is 2. The largest absolute Gasteiger partial charge is 0.493 e. The Kier molecular flexibility index (Phi) is 4.57. The van der Waals surface area contributed by atoms with Gasteiger partial charge in [-0.05, 0) is 48.7 Å². The second kappa shape index (κ2) is 7.00. The zero-order valence-electron chi connectivity index (χ0n) is 14.1. The van der Waals surface area contributed by atoms with E-state index in [1.807, 2.05) is 0 Å². The molecule has 0 spiro atoms. The van der Waals surface area contributed by atoms with Crippen LogP contribution in [0.3, 0.4) is 0 Å². The van der Waals surface area contributed by atoms with Gasteiger partial charge in [0, 0.05) is 37.3 Å². The molecular formula is C20H22F2N2O. The summed E-state index contributed by atoms with van der Waals surface area (Å²) in [5.41, 5.74) is 3.24. The Morgan fingerprint density at radius 3 is 2.92 bits per heavy atom. The molecule has 0 bridgehead atoms. The van der Waals surface area contributed by atoms with Gasteiger partial charge in [-0.25, -0.2) is 8.78 Å². The Morgan fingerprint density at radius 1 is 1.12 bits per heavy atom. The zero-order chi connectivity index (χ0) is 17.2. The molecule has 1 saturated heterocycles. The van der Waals surface area contributed by atoms with E-state index in [1.54, 1.807) is 6.07 Å². The van der Waals surface area contributed by atoms with Crippen LogP contribution in [-0.2, 0) is 13.0 Å². The fourth-order valence-electron chi connectivity index (χ4n) is 3.74. The van der Waals surface area contributed by atoms with Gasteiger partial charge in [-0.1, -0.05) is 12.1 Å². The Labute approximate surface area is 146 Å². The van der Waals surface area contributed by atoms with E-state index in [9.17, 15) is 8.78 Å². The zero-order valence-corrected chi connectivity index (χ0v) is 14.1. The Morgan fingerprint density at radius 2 is 2.04 bits per heavy atom. The Bertz CT molecular complexity index is 765. The number of hydrogen-bond acceptors (Lipinski definition) is 3. The van der Waals surface area contributed by atoms with Gasteiger partial charge >= 0.3 is 0 Å². The summed E-state index contributed by atoms with van der Waals surface area (Å²) < 4.78 is 32.0. The molecule has 0 saturated carbocycles. The second-order valence-electron chi connectivity index (χ2n) is 6.89. The van der Waals surface area contributed by atoms with Crippen LogP contribution < -0.4 is 10.1 Å². The van der Waals surface area contributed by atoms with E-state index in [-0.39, 0.29) is 6.04 Å². The van der Waals surface area contributed by atoms with Crippen molar-refractivity contribution in [2.24, 2.45) is 0 Å². The van der Waals surface area contributed by atoms with Crippen molar-refractivity contribution in [3.05, 3.63) is 59.2 Å². The Hall–Kier alpha value is -2.14. The van der Waals surface area contributed by atoms with Gasteiger partial charge in [0.25, 0.3) is 0 Å². The average molecular weight is 344 g/mol. The third kappa shape index (κ3) is 3.76. The van der Waals surface area contributed by atoms with Crippen molar-refractivity contribution < 1.29 is 13.5 Å². The Balaban J connectivity index is 1.38. The molecule has 1 atom stereocenters. The van der Waals surface area contributed by atoms with Crippen LogP contribution in [-0.4, -0.2) is 30.6 Å². The summed E-state index contributed by atoms with van der Waals surface area (Å²) in [5.74, 6) is -0.602. The normalized spacial score (nSPS) is 20.2. The van der Waals surface area contributed by atoms with Crippen molar-refractivity contribution in [3.63, 3.8) is 0 Å². The molecule has 2 aliphatic rings. The predicted octanol–water partition coefficient (Wildman–Crippen LogP) is 3.98. The number of halogens is 2. The summed E-state index contributed by atoms with van der Waals surface area (Å²) >= 11 is 0. The van der Waals surface area contributed by atoms with Crippen LogP contribution in [0.2, 0.25) is 0 Å². The van der Waals surface area contributed by atoms with E-state index in [0.29, 0.717) is 5.69 Å². The maximum atomic E-state index is 13.4. The molecule has 2 aromatic rings. The van der Waals surface area contributed by atoms with E-state index in [0.717, 1.165) is 51.3 Å². The first kappa shape index (κ1) is 16.3. The van der Waals surface area contributed by atoms with Gasteiger partial charge in [-0.2, -0.15) is 0 Å². The summed E-state index contributed by atoms with van der Waals surface area (Å²) in [7, 11) is 0. The van der Waals surface area contributed by atoms with Crippen LogP contribution in [0.1, 0.15) is 24.0 Å². The van der Waals surface area contributed by atoms with E-state index in [2.05, 4.69) is 28.4 Å². The summed E-state index contributed by atoms with van der Waals surface area (Å²) in [6.45, 7) is 3.64. The van der Waals surface area contributed by atoms with E-state index >= 15 is 0 Å². The molecule has 1 unspecified atom stereocenters. The van der Waals surface area contributed by atoms with Crippen LogP contribution in [0, 0.1) is 11.6 Å². The molecular weight excluding hydrogens is 322 g/mol. The number of fused-ring (bicyclic) bond motifs is 1. The lowest BCUT2D eigenvalue weighted by molar-refractivity contribution is 0.208. The quantitative estimate of drug-likeness (QED) is 0.908. The number of nitrogens with zero attached hydrogens (tertiary/aromatic N) is 1. The number of hydrogen-bond donors (Lipinski definition) is 1. The SMILES string of the molecule is Fc1ccc(NC2CCCN(Cc3ccc4c(c3)CCO4)C2)cc1F. The fraction of sp³-hybridized carbons (Fsp3) is 0.400. The molecule has 25 heavy (non-hydrogen) atoms. The smallest absolute Gasteiger partial charge is 0.160 e. The molecule has 2 aromatic carbocycles. The first-order chi connectivity index (χ1) is 12.2. The monoisotopic (exact) mass is 344 g/mol. The first-order valence-electron chi connectivity index (χ1n) is 8.86. The molecule has 2 aliphatic heterocycles. The molecule has 0 amide bonds. The van der Waals surface area contributed by atoms with E-state index in [1.165, 1.54) is 23.3 Å². The molecule has 0 aromatic heterocycles. The molecule has 2 heterocycles. The minimum absolute atomic E-state index is 0.247. The number of anilines is 1. The summed E-state index contributed by atoms with van der Waals surface area (Å²) in [6.07, 6.45) is 3.12. The number of piperidine rings is 1. The highest BCUT2D eigenvalue weighted by molar-refractivity contribution is 5.44. The van der Waals surface area contributed by atoms with Crippen LogP contribution >= 0.6 is 0 Å². The van der Waals surface area contributed by atoms with Gasteiger partial charge in [0.2, 0.25) is 0 Å². The molecule has 4 rings (SSSR count). The summed E-state index contributed by atoms with van der Waals surface area (Å²) in [4.78, 5) is 2.42. The number of likely N-dealkylation sites (tertiary alicyclic amines) is 1. The topological polar surface area (TPSA) is 24.5 Å². The highest BCUT2D eigenvalue weighted by Crippen LogP contribution is 2.27. The molecule has 3 nitrogen and oxygen atoms in total. The van der Waals surface area contributed by atoms with Crippen LogP contribution in [0.25, 0.3) is 0 Å². The standard InChI is InChI=1S/C20H22F2N2O/c21-18-5-4-16(11-19(18)22)23-17-2-1-8-24(13-17)12-14-3-6-20-15(10-14)7-9-25-20/h3-6,10-11,17,23H,1-2,7-9,12-13H2. The van der Waals surface area contributed by atoms with E-state index < -0.39 is 11.6 Å². The molecule has 132 valence electrons. The van der Waals surface area contributed by atoms with Crippen molar-refractivity contribution in [2.45, 2.75) is 31.8 Å². The fourth-order valence-corrected chi connectivity index (χ4v) is 3.74. The van der Waals surface area contributed by atoms with Crippen molar-refractivity contribution in [3.8, 4) is 5.75 Å². The molecule has 1 N–H and O–H groups in total. The maximum Gasteiger partial charge on any atom is 0.160 e.